The number of carbonyl (C=O) groups excluding carboxylic acids is 2. The van der Waals surface area contributed by atoms with Gasteiger partial charge in [-0.3, -0.25) is 9.59 Å². The predicted octanol–water partition coefficient (Wildman–Crippen LogP) is -0.354. The fourth-order valence-corrected chi connectivity index (χ4v) is 1.67. The van der Waals surface area contributed by atoms with Crippen LogP contribution in [0.1, 0.15) is 45.4 Å². The summed E-state index contributed by atoms with van der Waals surface area (Å²) in [5.74, 6) is -0.112. The molecule has 0 aliphatic rings. The fourth-order valence-electron chi connectivity index (χ4n) is 1.67. The molecule has 2 atom stereocenters. The second kappa shape index (κ2) is 10.9. The van der Waals surface area contributed by atoms with E-state index in [0.717, 1.165) is 25.7 Å². The SMILES string of the molecule is CC(=O)C(N)CCCCNC(=O)C(N)CCCCN. The van der Waals surface area contributed by atoms with Crippen molar-refractivity contribution in [1.82, 2.24) is 5.32 Å². The van der Waals surface area contributed by atoms with Crippen LogP contribution in [-0.2, 0) is 9.59 Å². The minimum atomic E-state index is -0.453. The monoisotopic (exact) mass is 272 g/mol. The van der Waals surface area contributed by atoms with Gasteiger partial charge in [0.25, 0.3) is 0 Å². The van der Waals surface area contributed by atoms with Crippen molar-refractivity contribution in [2.24, 2.45) is 17.2 Å². The zero-order chi connectivity index (χ0) is 14.7. The minimum Gasteiger partial charge on any atom is -0.355 e. The molecule has 0 aliphatic carbocycles. The first kappa shape index (κ1) is 18.0. The van der Waals surface area contributed by atoms with Gasteiger partial charge in [-0.1, -0.05) is 6.42 Å². The molecule has 0 aromatic carbocycles. The van der Waals surface area contributed by atoms with Gasteiger partial charge in [0.1, 0.15) is 5.78 Å². The number of hydrogen-bond donors (Lipinski definition) is 4. The molecule has 6 nitrogen and oxygen atoms in total. The highest BCUT2D eigenvalue weighted by Gasteiger charge is 2.12. The van der Waals surface area contributed by atoms with Crippen LogP contribution < -0.4 is 22.5 Å². The molecule has 0 heterocycles. The van der Waals surface area contributed by atoms with Crippen LogP contribution in [0, 0.1) is 0 Å². The molecular formula is C13H28N4O2. The molecule has 0 saturated carbocycles. The van der Waals surface area contributed by atoms with E-state index in [-0.39, 0.29) is 17.7 Å². The third-order valence-corrected chi connectivity index (χ3v) is 3.07. The first-order valence-corrected chi connectivity index (χ1v) is 6.98. The highest BCUT2D eigenvalue weighted by Crippen LogP contribution is 2.00. The van der Waals surface area contributed by atoms with Crippen molar-refractivity contribution in [2.75, 3.05) is 13.1 Å². The van der Waals surface area contributed by atoms with E-state index in [1.54, 1.807) is 0 Å². The van der Waals surface area contributed by atoms with Crippen molar-refractivity contribution in [2.45, 2.75) is 57.5 Å². The Morgan fingerprint density at radius 2 is 1.58 bits per heavy atom. The number of hydrogen-bond acceptors (Lipinski definition) is 5. The van der Waals surface area contributed by atoms with Gasteiger partial charge in [0.2, 0.25) is 5.91 Å². The molecule has 112 valence electrons. The molecule has 6 heteroatoms. The van der Waals surface area contributed by atoms with E-state index in [2.05, 4.69) is 5.32 Å². The zero-order valence-corrected chi connectivity index (χ0v) is 11.9. The molecule has 1 amide bonds. The van der Waals surface area contributed by atoms with Crippen molar-refractivity contribution in [3.63, 3.8) is 0 Å². The quantitative estimate of drug-likeness (QED) is 0.382. The first-order valence-electron chi connectivity index (χ1n) is 6.98. The molecule has 0 aromatic rings. The van der Waals surface area contributed by atoms with Gasteiger partial charge in [0.05, 0.1) is 12.1 Å². The van der Waals surface area contributed by atoms with Crippen LogP contribution >= 0.6 is 0 Å². The molecule has 7 N–H and O–H groups in total. The molecule has 0 spiro atoms. The molecule has 0 rings (SSSR count). The number of nitrogens with one attached hydrogen (secondary N) is 1. The van der Waals surface area contributed by atoms with Crippen LogP contribution in [0.4, 0.5) is 0 Å². The lowest BCUT2D eigenvalue weighted by Gasteiger charge is -2.12. The van der Waals surface area contributed by atoms with Crippen LogP contribution in [0.15, 0.2) is 0 Å². The van der Waals surface area contributed by atoms with Crippen molar-refractivity contribution < 1.29 is 9.59 Å². The van der Waals surface area contributed by atoms with Crippen molar-refractivity contribution in [3.05, 3.63) is 0 Å². The third-order valence-electron chi connectivity index (χ3n) is 3.07. The number of nitrogens with two attached hydrogens (primary N) is 3. The average Bonchev–Trinajstić information content (AvgIpc) is 2.37. The third kappa shape index (κ3) is 9.58. The van der Waals surface area contributed by atoms with E-state index >= 15 is 0 Å². The van der Waals surface area contributed by atoms with Gasteiger partial charge in [-0.2, -0.15) is 0 Å². The number of Topliss-reactive ketones (excluding diaryl/α,β-unsaturated/α-hetero) is 1. The smallest absolute Gasteiger partial charge is 0.236 e. The predicted molar refractivity (Wildman–Crippen MR) is 76.4 cm³/mol. The lowest BCUT2D eigenvalue weighted by molar-refractivity contribution is -0.122. The van der Waals surface area contributed by atoms with Crippen molar-refractivity contribution in [1.29, 1.82) is 0 Å². The summed E-state index contributed by atoms with van der Waals surface area (Å²) in [4.78, 5) is 22.5. The normalized spacial score (nSPS) is 13.9. The summed E-state index contributed by atoms with van der Waals surface area (Å²) in [6.45, 7) is 2.70. The summed E-state index contributed by atoms with van der Waals surface area (Å²) in [7, 11) is 0. The Labute approximate surface area is 115 Å². The van der Waals surface area contributed by atoms with Crippen LogP contribution in [-0.4, -0.2) is 36.9 Å². The van der Waals surface area contributed by atoms with Crippen LogP contribution in [0.3, 0.4) is 0 Å². The Bertz CT molecular complexity index is 271. The van der Waals surface area contributed by atoms with Gasteiger partial charge in [-0.15, -0.1) is 0 Å². The van der Waals surface area contributed by atoms with Crippen LogP contribution in [0.5, 0.6) is 0 Å². The van der Waals surface area contributed by atoms with E-state index in [0.29, 0.717) is 25.9 Å². The van der Waals surface area contributed by atoms with Gasteiger partial charge in [-0.25, -0.2) is 0 Å². The molecule has 0 bridgehead atoms. The van der Waals surface area contributed by atoms with Gasteiger partial charge >= 0.3 is 0 Å². The Kier molecular flexibility index (Phi) is 10.3. The molecule has 0 fully saturated rings. The maximum absolute atomic E-state index is 11.6. The summed E-state index contributed by atoms with van der Waals surface area (Å²) >= 11 is 0. The Hall–Kier alpha value is -0.980. The van der Waals surface area contributed by atoms with Crippen molar-refractivity contribution in [3.8, 4) is 0 Å². The Morgan fingerprint density at radius 1 is 1.00 bits per heavy atom. The fraction of sp³-hybridized carbons (Fsp3) is 0.846. The summed E-state index contributed by atoms with van der Waals surface area (Å²) < 4.78 is 0. The zero-order valence-electron chi connectivity index (χ0n) is 11.9. The van der Waals surface area contributed by atoms with E-state index < -0.39 is 6.04 Å². The molecule has 0 saturated heterocycles. The largest absolute Gasteiger partial charge is 0.355 e. The first-order chi connectivity index (χ1) is 8.99. The molecule has 2 unspecified atom stereocenters. The molecule has 0 radical (unpaired) electrons. The molecule has 0 aromatic heterocycles. The molecule has 19 heavy (non-hydrogen) atoms. The number of ketones is 1. The second-order valence-electron chi connectivity index (χ2n) is 4.89. The summed E-state index contributed by atoms with van der Waals surface area (Å²) in [5.41, 5.74) is 16.7. The average molecular weight is 272 g/mol. The maximum atomic E-state index is 11.6. The summed E-state index contributed by atoms with van der Waals surface area (Å²) in [5, 5.41) is 2.79. The maximum Gasteiger partial charge on any atom is 0.236 e. The van der Waals surface area contributed by atoms with E-state index in [1.807, 2.05) is 0 Å². The topological polar surface area (TPSA) is 124 Å². The lowest BCUT2D eigenvalue weighted by atomic mass is 10.1. The highest BCUT2D eigenvalue weighted by molar-refractivity contribution is 5.81. The summed E-state index contributed by atoms with van der Waals surface area (Å²) in [6.07, 6.45) is 4.72. The van der Waals surface area contributed by atoms with Crippen LogP contribution in [0.25, 0.3) is 0 Å². The number of unbranched alkanes of at least 4 members (excludes halogenated alkanes) is 2. The van der Waals surface area contributed by atoms with E-state index in [4.69, 9.17) is 17.2 Å². The Balaban J connectivity index is 3.54. The van der Waals surface area contributed by atoms with E-state index in [1.165, 1.54) is 6.92 Å². The number of amides is 1. The molecule has 0 aliphatic heterocycles. The highest BCUT2D eigenvalue weighted by atomic mass is 16.2. The minimum absolute atomic E-state index is 0.00552. The van der Waals surface area contributed by atoms with E-state index in [9.17, 15) is 9.59 Å². The Morgan fingerprint density at radius 3 is 2.16 bits per heavy atom. The van der Waals surface area contributed by atoms with Gasteiger partial charge in [0, 0.05) is 6.54 Å². The standard InChI is InChI=1S/C13H28N4O2/c1-10(18)11(15)6-3-5-9-17-13(19)12(16)7-2-4-8-14/h11-12H,2-9,14-16H2,1H3,(H,17,19). The number of rotatable bonds is 11. The molecular weight excluding hydrogens is 244 g/mol. The van der Waals surface area contributed by atoms with Crippen molar-refractivity contribution >= 4 is 11.7 Å². The summed E-state index contributed by atoms with van der Waals surface area (Å²) in [6, 6.07) is -0.833. The van der Waals surface area contributed by atoms with Gasteiger partial charge in [-0.05, 0) is 45.6 Å². The van der Waals surface area contributed by atoms with Gasteiger partial charge in [0.15, 0.2) is 0 Å². The van der Waals surface area contributed by atoms with Crippen LogP contribution in [0.2, 0.25) is 0 Å². The van der Waals surface area contributed by atoms with Gasteiger partial charge < -0.3 is 22.5 Å². The second-order valence-corrected chi connectivity index (χ2v) is 4.89. The lowest BCUT2D eigenvalue weighted by Crippen LogP contribution is -2.41. The number of carbonyl (C=O) groups is 2.